The molecule has 1 rings (SSSR count). The first-order chi connectivity index (χ1) is 10.2. The molecule has 0 heterocycles. The fourth-order valence-corrected chi connectivity index (χ4v) is 2.47. The molecular formula is C17H23NO2S. The van der Waals surface area contributed by atoms with E-state index in [-0.39, 0.29) is 12.5 Å². The van der Waals surface area contributed by atoms with E-state index in [1.807, 2.05) is 30.8 Å². The van der Waals surface area contributed by atoms with Crippen molar-refractivity contribution in [2.45, 2.75) is 26.2 Å². The number of unbranched alkanes of at least 4 members (excludes halogenated alkanes) is 2. The second kappa shape index (κ2) is 10.3. The Morgan fingerprint density at radius 3 is 2.81 bits per heavy atom. The zero-order chi connectivity index (χ0) is 15.5. The van der Waals surface area contributed by atoms with Crippen molar-refractivity contribution in [3.8, 4) is 11.8 Å². The standard InChI is InChI=1S/C17H23NO2S/c1-14-11-15(7-6-9-19)13-16(12-14)17(20)18-8-4-3-5-10-21-2/h11-13,19H,3-5,8-10H2,1-2H3,(H,18,20). The van der Waals surface area contributed by atoms with E-state index < -0.39 is 0 Å². The maximum absolute atomic E-state index is 12.1. The molecular weight excluding hydrogens is 282 g/mol. The first-order valence-corrected chi connectivity index (χ1v) is 8.55. The van der Waals surface area contributed by atoms with Gasteiger partial charge in [-0.05, 0) is 55.5 Å². The normalized spacial score (nSPS) is 9.86. The number of rotatable bonds is 7. The summed E-state index contributed by atoms with van der Waals surface area (Å²) in [5.74, 6) is 6.56. The number of hydrogen-bond acceptors (Lipinski definition) is 3. The van der Waals surface area contributed by atoms with Crippen molar-refractivity contribution < 1.29 is 9.90 Å². The number of nitrogens with one attached hydrogen (secondary N) is 1. The number of hydrogen-bond donors (Lipinski definition) is 2. The minimum atomic E-state index is -0.175. The van der Waals surface area contributed by atoms with E-state index in [0.29, 0.717) is 12.1 Å². The number of carbonyl (C=O) groups excluding carboxylic acids is 1. The number of aliphatic hydroxyl groups is 1. The molecule has 0 atom stereocenters. The monoisotopic (exact) mass is 305 g/mol. The largest absolute Gasteiger partial charge is 0.384 e. The van der Waals surface area contributed by atoms with Crippen LogP contribution in [0, 0.1) is 18.8 Å². The predicted octanol–water partition coefficient (Wildman–Crippen LogP) is 2.60. The topological polar surface area (TPSA) is 49.3 Å². The number of benzene rings is 1. The van der Waals surface area contributed by atoms with E-state index in [4.69, 9.17) is 5.11 Å². The summed E-state index contributed by atoms with van der Waals surface area (Å²) in [6, 6.07) is 5.52. The molecule has 0 saturated carbocycles. The smallest absolute Gasteiger partial charge is 0.251 e. The average molecular weight is 305 g/mol. The Morgan fingerprint density at radius 1 is 1.29 bits per heavy atom. The van der Waals surface area contributed by atoms with Crippen LogP contribution < -0.4 is 5.32 Å². The predicted molar refractivity (Wildman–Crippen MR) is 89.7 cm³/mol. The highest BCUT2D eigenvalue weighted by molar-refractivity contribution is 7.98. The molecule has 21 heavy (non-hydrogen) atoms. The second-order valence-electron chi connectivity index (χ2n) is 4.86. The van der Waals surface area contributed by atoms with Gasteiger partial charge in [0.15, 0.2) is 0 Å². The van der Waals surface area contributed by atoms with E-state index >= 15 is 0 Å². The average Bonchev–Trinajstić information content (AvgIpc) is 2.48. The van der Waals surface area contributed by atoms with Gasteiger partial charge >= 0.3 is 0 Å². The molecule has 0 aromatic heterocycles. The molecule has 2 N–H and O–H groups in total. The first kappa shape index (κ1) is 17.6. The van der Waals surface area contributed by atoms with Crippen LogP contribution in [0.3, 0.4) is 0 Å². The highest BCUT2D eigenvalue weighted by Gasteiger charge is 2.06. The summed E-state index contributed by atoms with van der Waals surface area (Å²) in [7, 11) is 0. The lowest BCUT2D eigenvalue weighted by atomic mass is 10.1. The fraction of sp³-hybridized carbons (Fsp3) is 0.471. The lowest BCUT2D eigenvalue weighted by molar-refractivity contribution is 0.0953. The number of amides is 1. The molecule has 114 valence electrons. The van der Waals surface area contributed by atoms with E-state index in [1.54, 1.807) is 6.07 Å². The van der Waals surface area contributed by atoms with Gasteiger partial charge in [-0.25, -0.2) is 0 Å². The molecule has 1 aromatic carbocycles. The van der Waals surface area contributed by atoms with Gasteiger partial charge in [0, 0.05) is 17.7 Å². The number of aryl methyl sites for hydroxylation is 1. The van der Waals surface area contributed by atoms with Crippen LogP contribution in [0.2, 0.25) is 0 Å². The minimum Gasteiger partial charge on any atom is -0.384 e. The van der Waals surface area contributed by atoms with Gasteiger partial charge in [0.2, 0.25) is 0 Å². The Bertz CT molecular complexity index is 517. The van der Waals surface area contributed by atoms with Crippen LogP contribution in [-0.2, 0) is 0 Å². The SMILES string of the molecule is CSCCCCCNC(=O)c1cc(C)cc(C#CCO)c1. The van der Waals surface area contributed by atoms with Gasteiger partial charge in [-0.1, -0.05) is 18.3 Å². The highest BCUT2D eigenvalue weighted by atomic mass is 32.2. The quantitative estimate of drug-likeness (QED) is 0.601. The molecule has 0 fully saturated rings. The molecule has 4 heteroatoms. The van der Waals surface area contributed by atoms with Crippen LogP contribution in [0.15, 0.2) is 18.2 Å². The summed E-state index contributed by atoms with van der Waals surface area (Å²) in [6.07, 6.45) is 5.45. The summed E-state index contributed by atoms with van der Waals surface area (Å²) < 4.78 is 0. The summed E-state index contributed by atoms with van der Waals surface area (Å²) in [5.41, 5.74) is 2.38. The molecule has 0 bridgehead atoms. The van der Waals surface area contributed by atoms with E-state index in [1.165, 1.54) is 12.2 Å². The van der Waals surface area contributed by atoms with Crippen LogP contribution in [0.5, 0.6) is 0 Å². The maximum atomic E-state index is 12.1. The second-order valence-corrected chi connectivity index (χ2v) is 5.84. The molecule has 1 aromatic rings. The third-order valence-electron chi connectivity index (χ3n) is 2.96. The highest BCUT2D eigenvalue weighted by Crippen LogP contribution is 2.09. The Labute approximate surface area is 131 Å². The van der Waals surface area contributed by atoms with E-state index in [0.717, 1.165) is 24.0 Å². The van der Waals surface area contributed by atoms with Crippen LogP contribution in [0.25, 0.3) is 0 Å². The number of carbonyl (C=O) groups is 1. The number of aliphatic hydroxyl groups excluding tert-OH is 1. The van der Waals surface area contributed by atoms with Crippen molar-refractivity contribution in [1.82, 2.24) is 5.32 Å². The Balaban J connectivity index is 2.51. The lowest BCUT2D eigenvalue weighted by Gasteiger charge is -2.07. The molecule has 0 aliphatic carbocycles. The fourth-order valence-electron chi connectivity index (χ4n) is 1.98. The van der Waals surface area contributed by atoms with Gasteiger partial charge in [-0.2, -0.15) is 11.8 Å². The summed E-state index contributed by atoms with van der Waals surface area (Å²) in [6.45, 7) is 2.47. The zero-order valence-electron chi connectivity index (χ0n) is 12.7. The summed E-state index contributed by atoms with van der Waals surface area (Å²) in [5, 5.41) is 11.7. The Kier molecular flexibility index (Phi) is 8.65. The lowest BCUT2D eigenvalue weighted by Crippen LogP contribution is -2.24. The van der Waals surface area contributed by atoms with Crippen LogP contribution in [-0.4, -0.2) is 36.2 Å². The Hall–Kier alpha value is -1.44. The van der Waals surface area contributed by atoms with Crippen molar-refractivity contribution >= 4 is 17.7 Å². The van der Waals surface area contributed by atoms with Crippen molar-refractivity contribution in [1.29, 1.82) is 0 Å². The van der Waals surface area contributed by atoms with Gasteiger partial charge in [-0.15, -0.1) is 0 Å². The third kappa shape index (κ3) is 7.22. The van der Waals surface area contributed by atoms with E-state index in [2.05, 4.69) is 23.4 Å². The number of thioether (sulfide) groups is 1. The molecule has 0 saturated heterocycles. The van der Waals surface area contributed by atoms with Crippen LogP contribution >= 0.6 is 11.8 Å². The van der Waals surface area contributed by atoms with Gasteiger partial charge in [0.1, 0.15) is 6.61 Å². The molecule has 3 nitrogen and oxygen atoms in total. The van der Waals surface area contributed by atoms with E-state index in [9.17, 15) is 4.79 Å². The summed E-state index contributed by atoms with van der Waals surface area (Å²) in [4.78, 5) is 12.1. The first-order valence-electron chi connectivity index (χ1n) is 7.16. The van der Waals surface area contributed by atoms with Gasteiger partial charge < -0.3 is 10.4 Å². The van der Waals surface area contributed by atoms with Crippen molar-refractivity contribution in [3.63, 3.8) is 0 Å². The molecule has 0 spiro atoms. The minimum absolute atomic E-state index is 0.0596. The maximum Gasteiger partial charge on any atom is 0.251 e. The van der Waals surface area contributed by atoms with Crippen molar-refractivity contribution in [2.24, 2.45) is 0 Å². The zero-order valence-corrected chi connectivity index (χ0v) is 13.6. The van der Waals surface area contributed by atoms with Crippen LogP contribution in [0.4, 0.5) is 0 Å². The Morgan fingerprint density at radius 2 is 2.10 bits per heavy atom. The molecule has 0 aliphatic heterocycles. The van der Waals surface area contributed by atoms with Crippen molar-refractivity contribution in [3.05, 3.63) is 34.9 Å². The van der Waals surface area contributed by atoms with Gasteiger partial charge in [0.25, 0.3) is 5.91 Å². The molecule has 0 unspecified atom stereocenters. The van der Waals surface area contributed by atoms with Gasteiger partial charge in [0.05, 0.1) is 0 Å². The van der Waals surface area contributed by atoms with Crippen molar-refractivity contribution in [2.75, 3.05) is 25.2 Å². The van der Waals surface area contributed by atoms with Crippen LogP contribution in [0.1, 0.15) is 40.7 Å². The summed E-state index contributed by atoms with van der Waals surface area (Å²) >= 11 is 1.85. The molecule has 1 amide bonds. The molecule has 0 aliphatic rings. The van der Waals surface area contributed by atoms with Gasteiger partial charge in [-0.3, -0.25) is 4.79 Å². The molecule has 0 radical (unpaired) electrons. The third-order valence-corrected chi connectivity index (χ3v) is 3.66.